The number of aliphatic imine (C=N–C) groups is 1. The summed E-state index contributed by atoms with van der Waals surface area (Å²) in [5.41, 5.74) is 0.724. The van der Waals surface area contributed by atoms with Crippen molar-refractivity contribution < 1.29 is 13.9 Å². The maximum absolute atomic E-state index is 13.9. The van der Waals surface area contributed by atoms with E-state index in [1.54, 1.807) is 19.2 Å². The van der Waals surface area contributed by atoms with Crippen LogP contribution in [-0.4, -0.2) is 32.8 Å². The maximum Gasteiger partial charge on any atom is 0.191 e. The van der Waals surface area contributed by atoms with Crippen LogP contribution < -0.4 is 20.1 Å². The molecule has 0 aromatic heterocycles. The third kappa shape index (κ3) is 6.51. The summed E-state index contributed by atoms with van der Waals surface area (Å²) in [5, 5.41) is 15.0. The Morgan fingerprint density at radius 2 is 1.89 bits per heavy atom. The van der Waals surface area contributed by atoms with E-state index in [0.29, 0.717) is 36.8 Å². The molecule has 27 heavy (non-hydrogen) atoms. The van der Waals surface area contributed by atoms with E-state index in [-0.39, 0.29) is 6.54 Å². The number of rotatable bonds is 8. The molecule has 2 aromatic rings. The monoisotopic (exact) mass is 370 g/mol. The van der Waals surface area contributed by atoms with E-state index in [9.17, 15) is 4.39 Å². The molecular weight excluding hydrogens is 347 g/mol. The lowest BCUT2D eigenvalue weighted by Gasteiger charge is -2.12. The van der Waals surface area contributed by atoms with Crippen LogP contribution in [0.15, 0.2) is 47.5 Å². The number of halogens is 1. The van der Waals surface area contributed by atoms with Gasteiger partial charge in [-0.3, -0.25) is 0 Å². The molecule has 6 nitrogen and oxygen atoms in total. The normalized spacial score (nSPS) is 10.8. The molecule has 0 spiro atoms. The summed E-state index contributed by atoms with van der Waals surface area (Å²) in [6.07, 6.45) is 0. The van der Waals surface area contributed by atoms with Gasteiger partial charge in [-0.15, -0.1) is 0 Å². The number of methoxy groups -OCH3 is 1. The molecule has 0 heterocycles. The minimum absolute atomic E-state index is 0.173. The Hall–Kier alpha value is -3.27. The molecule has 7 heteroatoms. The van der Waals surface area contributed by atoms with Crippen LogP contribution in [0.5, 0.6) is 11.5 Å². The van der Waals surface area contributed by atoms with E-state index in [2.05, 4.69) is 15.6 Å². The fraction of sp³-hybridized carbons (Fsp3) is 0.300. The quantitative estimate of drug-likeness (QED) is 0.424. The van der Waals surface area contributed by atoms with E-state index in [0.717, 1.165) is 11.5 Å². The fourth-order valence-electron chi connectivity index (χ4n) is 2.26. The van der Waals surface area contributed by atoms with Gasteiger partial charge in [-0.1, -0.05) is 6.07 Å². The molecule has 0 aliphatic carbocycles. The number of ether oxygens (including phenoxy) is 2. The summed E-state index contributed by atoms with van der Waals surface area (Å²) in [4.78, 5) is 4.37. The Labute approximate surface area is 158 Å². The molecule has 0 radical (unpaired) electrons. The van der Waals surface area contributed by atoms with Crippen molar-refractivity contribution in [2.75, 3.05) is 26.8 Å². The highest BCUT2D eigenvalue weighted by molar-refractivity contribution is 5.79. The lowest BCUT2D eigenvalue weighted by Crippen LogP contribution is -2.39. The number of guanidine groups is 1. The molecule has 0 saturated carbocycles. The second kappa shape index (κ2) is 10.7. The van der Waals surface area contributed by atoms with E-state index >= 15 is 0 Å². The summed E-state index contributed by atoms with van der Waals surface area (Å²) in [5.74, 6) is 1.66. The number of hydrogen-bond donors (Lipinski definition) is 2. The zero-order valence-electron chi connectivity index (χ0n) is 15.5. The van der Waals surface area contributed by atoms with Crippen LogP contribution in [0.4, 0.5) is 4.39 Å². The van der Waals surface area contributed by atoms with Gasteiger partial charge >= 0.3 is 0 Å². The van der Waals surface area contributed by atoms with Crippen LogP contribution in [0, 0.1) is 17.1 Å². The van der Waals surface area contributed by atoms with Crippen LogP contribution in [0.1, 0.15) is 18.1 Å². The van der Waals surface area contributed by atoms with Crippen molar-refractivity contribution in [3.05, 3.63) is 59.4 Å². The van der Waals surface area contributed by atoms with Crippen LogP contribution in [0.25, 0.3) is 0 Å². The first kappa shape index (κ1) is 20.0. The van der Waals surface area contributed by atoms with Gasteiger partial charge in [0.1, 0.15) is 23.9 Å². The smallest absolute Gasteiger partial charge is 0.191 e. The lowest BCUT2D eigenvalue weighted by molar-refractivity contribution is 0.321. The Morgan fingerprint density at radius 3 is 2.52 bits per heavy atom. The second-order valence-corrected chi connectivity index (χ2v) is 5.56. The maximum atomic E-state index is 13.9. The van der Waals surface area contributed by atoms with Gasteiger partial charge in [-0.05, 0) is 43.3 Å². The third-order valence-electron chi connectivity index (χ3n) is 3.66. The van der Waals surface area contributed by atoms with Gasteiger partial charge in [0.25, 0.3) is 0 Å². The second-order valence-electron chi connectivity index (χ2n) is 5.56. The van der Waals surface area contributed by atoms with Crippen molar-refractivity contribution in [2.45, 2.75) is 13.5 Å². The molecule has 0 unspecified atom stereocenters. The highest BCUT2D eigenvalue weighted by Crippen LogP contribution is 2.16. The van der Waals surface area contributed by atoms with E-state index < -0.39 is 5.82 Å². The minimum atomic E-state index is -0.434. The van der Waals surface area contributed by atoms with Crippen molar-refractivity contribution in [3.8, 4) is 17.6 Å². The molecule has 0 aliphatic rings. The number of nitrogens with zero attached hydrogens (tertiary/aromatic N) is 2. The van der Waals surface area contributed by atoms with Gasteiger partial charge in [0, 0.05) is 12.1 Å². The topological polar surface area (TPSA) is 78.7 Å². The minimum Gasteiger partial charge on any atom is -0.497 e. The van der Waals surface area contributed by atoms with Crippen LogP contribution in [-0.2, 0) is 6.54 Å². The zero-order chi connectivity index (χ0) is 19.5. The average molecular weight is 370 g/mol. The predicted molar refractivity (Wildman–Crippen MR) is 102 cm³/mol. The summed E-state index contributed by atoms with van der Waals surface area (Å²) >= 11 is 0. The molecule has 0 bridgehead atoms. The summed E-state index contributed by atoms with van der Waals surface area (Å²) < 4.78 is 24.7. The van der Waals surface area contributed by atoms with E-state index in [1.165, 1.54) is 6.07 Å². The van der Waals surface area contributed by atoms with E-state index in [1.807, 2.05) is 37.3 Å². The van der Waals surface area contributed by atoms with Crippen molar-refractivity contribution in [3.63, 3.8) is 0 Å². The Morgan fingerprint density at radius 1 is 1.15 bits per heavy atom. The molecule has 0 fully saturated rings. The highest BCUT2D eigenvalue weighted by Gasteiger charge is 2.04. The number of benzene rings is 2. The van der Waals surface area contributed by atoms with Gasteiger partial charge in [0.15, 0.2) is 5.96 Å². The Kier molecular flexibility index (Phi) is 7.92. The first-order chi connectivity index (χ1) is 13.2. The van der Waals surface area contributed by atoms with Gasteiger partial charge in [0.05, 0.1) is 31.8 Å². The first-order valence-electron chi connectivity index (χ1n) is 8.63. The van der Waals surface area contributed by atoms with Crippen LogP contribution in [0.2, 0.25) is 0 Å². The standard InChI is InChI=1S/C20H23FN4O2/c1-3-23-20(25-14-16-5-4-15(13-22)12-19(16)21)24-10-11-27-18-8-6-17(26-2)7-9-18/h4-9,12H,3,10-11,14H2,1-2H3,(H2,23,24,25). The van der Waals surface area contributed by atoms with Gasteiger partial charge < -0.3 is 20.1 Å². The summed E-state index contributed by atoms with van der Waals surface area (Å²) in [6, 6.07) is 13.6. The van der Waals surface area contributed by atoms with Crippen molar-refractivity contribution in [1.29, 1.82) is 5.26 Å². The highest BCUT2D eigenvalue weighted by atomic mass is 19.1. The largest absolute Gasteiger partial charge is 0.497 e. The first-order valence-corrected chi connectivity index (χ1v) is 8.63. The molecule has 0 amide bonds. The lowest BCUT2D eigenvalue weighted by atomic mass is 10.1. The fourth-order valence-corrected chi connectivity index (χ4v) is 2.26. The molecular formula is C20H23FN4O2. The molecule has 142 valence electrons. The van der Waals surface area contributed by atoms with Gasteiger partial charge in [0.2, 0.25) is 0 Å². The van der Waals surface area contributed by atoms with Crippen molar-refractivity contribution >= 4 is 5.96 Å². The number of nitrogens with one attached hydrogen (secondary N) is 2. The Bertz CT molecular complexity index is 801. The van der Waals surface area contributed by atoms with Crippen molar-refractivity contribution in [2.24, 2.45) is 4.99 Å². The van der Waals surface area contributed by atoms with Gasteiger partial charge in [-0.25, -0.2) is 9.38 Å². The third-order valence-corrected chi connectivity index (χ3v) is 3.66. The molecule has 0 aliphatic heterocycles. The molecule has 2 rings (SSSR count). The molecule has 0 atom stereocenters. The Balaban J connectivity index is 1.85. The zero-order valence-corrected chi connectivity index (χ0v) is 15.5. The van der Waals surface area contributed by atoms with Crippen LogP contribution in [0.3, 0.4) is 0 Å². The number of nitriles is 1. The molecule has 0 saturated heterocycles. The molecule has 2 N–H and O–H groups in total. The molecule has 2 aromatic carbocycles. The predicted octanol–water partition coefficient (Wildman–Crippen LogP) is 2.84. The van der Waals surface area contributed by atoms with Gasteiger partial charge in [-0.2, -0.15) is 5.26 Å². The number of hydrogen-bond acceptors (Lipinski definition) is 4. The van der Waals surface area contributed by atoms with E-state index in [4.69, 9.17) is 14.7 Å². The average Bonchev–Trinajstić information content (AvgIpc) is 2.70. The summed E-state index contributed by atoms with van der Waals surface area (Å²) in [6.45, 7) is 3.79. The van der Waals surface area contributed by atoms with Crippen molar-refractivity contribution in [1.82, 2.24) is 10.6 Å². The van der Waals surface area contributed by atoms with Crippen LogP contribution >= 0.6 is 0 Å². The SMILES string of the molecule is CCNC(=NCc1ccc(C#N)cc1F)NCCOc1ccc(OC)cc1. The summed E-state index contributed by atoms with van der Waals surface area (Å²) in [7, 11) is 1.62.